The van der Waals surface area contributed by atoms with E-state index in [0.29, 0.717) is 12.2 Å². The molecule has 1 aromatic rings. The van der Waals surface area contributed by atoms with Crippen molar-refractivity contribution in [3.63, 3.8) is 0 Å². The molecule has 0 aliphatic heterocycles. The summed E-state index contributed by atoms with van der Waals surface area (Å²) in [6.45, 7) is 5.99. The van der Waals surface area contributed by atoms with Crippen LogP contribution in [-0.4, -0.2) is 16.6 Å². The monoisotopic (exact) mass is 222 g/mol. The van der Waals surface area contributed by atoms with E-state index in [1.54, 1.807) is 12.3 Å². The Kier molecular flexibility index (Phi) is 4.01. The van der Waals surface area contributed by atoms with Gasteiger partial charge in [-0.3, -0.25) is 9.78 Å². The van der Waals surface area contributed by atoms with Crippen molar-refractivity contribution in [1.82, 2.24) is 4.98 Å². The van der Waals surface area contributed by atoms with Gasteiger partial charge in [0.25, 0.3) is 0 Å². The van der Waals surface area contributed by atoms with E-state index in [-0.39, 0.29) is 12.4 Å². The van der Waals surface area contributed by atoms with E-state index < -0.39 is 5.60 Å². The fraction of sp³-hybridized carbons (Fsp3) is 0.500. The van der Waals surface area contributed by atoms with Crippen LogP contribution < -0.4 is 5.73 Å². The van der Waals surface area contributed by atoms with E-state index in [9.17, 15) is 4.79 Å². The smallest absolute Gasteiger partial charge is 0.312 e. The number of rotatable bonds is 3. The third-order valence-corrected chi connectivity index (χ3v) is 1.87. The molecule has 4 heteroatoms. The highest BCUT2D eigenvalue weighted by Crippen LogP contribution is 2.09. The number of hydrogen-bond donors (Lipinski definition) is 1. The predicted octanol–water partition coefficient (Wildman–Crippen LogP) is 1.42. The molecule has 2 N–H and O–H groups in total. The SMILES string of the molecule is CC(C)(C)OC(=O)Cc1ccc(CN)cn1. The molecular weight excluding hydrogens is 204 g/mol. The number of carbonyl (C=O) groups excluding carboxylic acids is 1. The van der Waals surface area contributed by atoms with Crippen molar-refractivity contribution in [1.29, 1.82) is 0 Å². The topological polar surface area (TPSA) is 65.2 Å². The number of pyridine rings is 1. The minimum atomic E-state index is -0.450. The normalized spacial score (nSPS) is 11.2. The average Bonchev–Trinajstić information content (AvgIpc) is 2.16. The first kappa shape index (κ1) is 12.6. The largest absolute Gasteiger partial charge is 0.460 e. The second-order valence-electron chi connectivity index (χ2n) is 4.63. The highest BCUT2D eigenvalue weighted by molar-refractivity contribution is 5.72. The van der Waals surface area contributed by atoms with Crippen LogP contribution in [-0.2, 0) is 22.5 Å². The average molecular weight is 222 g/mol. The molecule has 0 spiro atoms. The van der Waals surface area contributed by atoms with Crippen molar-refractivity contribution in [3.8, 4) is 0 Å². The Balaban J connectivity index is 2.56. The maximum Gasteiger partial charge on any atom is 0.312 e. The Morgan fingerprint density at radius 2 is 2.12 bits per heavy atom. The second-order valence-corrected chi connectivity index (χ2v) is 4.63. The Hall–Kier alpha value is -1.42. The summed E-state index contributed by atoms with van der Waals surface area (Å²) in [5.41, 5.74) is 6.65. The van der Waals surface area contributed by atoms with Crippen LogP contribution in [0, 0.1) is 0 Å². The Bertz CT molecular complexity index is 352. The first-order valence-electron chi connectivity index (χ1n) is 5.26. The fourth-order valence-electron chi connectivity index (χ4n) is 1.21. The number of nitrogens with zero attached hydrogens (tertiary/aromatic N) is 1. The molecule has 1 rings (SSSR count). The van der Waals surface area contributed by atoms with Crippen molar-refractivity contribution >= 4 is 5.97 Å². The molecule has 0 fully saturated rings. The van der Waals surface area contributed by atoms with Gasteiger partial charge in [0.1, 0.15) is 5.60 Å². The number of hydrogen-bond acceptors (Lipinski definition) is 4. The highest BCUT2D eigenvalue weighted by Gasteiger charge is 2.16. The Morgan fingerprint density at radius 1 is 1.44 bits per heavy atom. The van der Waals surface area contributed by atoms with Gasteiger partial charge in [-0.2, -0.15) is 0 Å². The molecule has 0 amide bonds. The van der Waals surface area contributed by atoms with Gasteiger partial charge in [-0.25, -0.2) is 0 Å². The van der Waals surface area contributed by atoms with E-state index in [0.717, 1.165) is 5.56 Å². The standard InChI is InChI=1S/C12H18N2O2/c1-12(2,3)16-11(15)6-10-5-4-9(7-13)8-14-10/h4-5,8H,6-7,13H2,1-3H3. The van der Waals surface area contributed by atoms with Crippen molar-refractivity contribution in [3.05, 3.63) is 29.6 Å². The summed E-state index contributed by atoms with van der Waals surface area (Å²) >= 11 is 0. The van der Waals surface area contributed by atoms with Crippen LogP contribution in [0.3, 0.4) is 0 Å². The van der Waals surface area contributed by atoms with Gasteiger partial charge in [-0.05, 0) is 32.4 Å². The summed E-state index contributed by atoms with van der Waals surface area (Å²) in [5.74, 6) is -0.263. The van der Waals surface area contributed by atoms with Gasteiger partial charge in [0.2, 0.25) is 0 Å². The van der Waals surface area contributed by atoms with E-state index in [1.165, 1.54) is 0 Å². The van der Waals surface area contributed by atoms with Crippen LogP contribution in [0.2, 0.25) is 0 Å². The molecule has 0 radical (unpaired) electrons. The van der Waals surface area contributed by atoms with Crippen LogP contribution in [0.1, 0.15) is 32.0 Å². The van der Waals surface area contributed by atoms with Crippen LogP contribution in [0.15, 0.2) is 18.3 Å². The molecule has 0 aliphatic rings. The van der Waals surface area contributed by atoms with Gasteiger partial charge in [0.05, 0.1) is 12.1 Å². The van der Waals surface area contributed by atoms with E-state index in [2.05, 4.69) is 4.98 Å². The van der Waals surface area contributed by atoms with Crippen LogP contribution in [0.25, 0.3) is 0 Å². The minimum absolute atomic E-state index is 0.197. The third kappa shape index (κ3) is 4.40. The third-order valence-electron chi connectivity index (χ3n) is 1.87. The fourth-order valence-corrected chi connectivity index (χ4v) is 1.21. The first-order valence-corrected chi connectivity index (χ1v) is 5.26. The van der Waals surface area contributed by atoms with E-state index in [1.807, 2.05) is 26.8 Å². The number of ether oxygens (including phenoxy) is 1. The molecule has 1 heterocycles. The summed E-state index contributed by atoms with van der Waals surface area (Å²) in [4.78, 5) is 15.6. The van der Waals surface area contributed by atoms with Gasteiger partial charge in [-0.15, -0.1) is 0 Å². The number of aromatic nitrogens is 1. The lowest BCUT2D eigenvalue weighted by molar-refractivity contribution is -0.153. The molecule has 88 valence electrons. The van der Waals surface area contributed by atoms with E-state index in [4.69, 9.17) is 10.5 Å². The van der Waals surface area contributed by atoms with Gasteiger partial charge < -0.3 is 10.5 Å². The summed E-state index contributed by atoms with van der Waals surface area (Å²) < 4.78 is 5.19. The molecule has 0 unspecified atom stereocenters. The maximum absolute atomic E-state index is 11.5. The molecule has 0 saturated heterocycles. The molecule has 0 saturated carbocycles. The molecule has 16 heavy (non-hydrogen) atoms. The highest BCUT2D eigenvalue weighted by atomic mass is 16.6. The lowest BCUT2D eigenvalue weighted by Gasteiger charge is -2.19. The zero-order chi connectivity index (χ0) is 12.2. The molecule has 0 bridgehead atoms. The lowest BCUT2D eigenvalue weighted by atomic mass is 10.2. The molecule has 4 nitrogen and oxygen atoms in total. The van der Waals surface area contributed by atoms with Gasteiger partial charge in [-0.1, -0.05) is 6.07 Å². The summed E-state index contributed by atoms with van der Waals surface area (Å²) in [5, 5.41) is 0. The van der Waals surface area contributed by atoms with E-state index >= 15 is 0 Å². The van der Waals surface area contributed by atoms with Crippen molar-refractivity contribution in [2.24, 2.45) is 5.73 Å². The second kappa shape index (κ2) is 5.07. The number of carbonyl (C=O) groups is 1. The van der Waals surface area contributed by atoms with Crippen molar-refractivity contribution < 1.29 is 9.53 Å². The minimum Gasteiger partial charge on any atom is -0.460 e. The van der Waals surface area contributed by atoms with Crippen molar-refractivity contribution in [2.45, 2.75) is 39.3 Å². The molecule has 0 aliphatic carbocycles. The quantitative estimate of drug-likeness (QED) is 0.786. The molecule has 1 aromatic heterocycles. The first-order chi connectivity index (χ1) is 7.40. The summed E-state index contributed by atoms with van der Waals surface area (Å²) in [6.07, 6.45) is 1.88. The lowest BCUT2D eigenvalue weighted by Crippen LogP contribution is -2.25. The zero-order valence-corrected chi connectivity index (χ0v) is 9.99. The summed E-state index contributed by atoms with van der Waals surface area (Å²) in [6, 6.07) is 3.67. The van der Waals surface area contributed by atoms with Crippen LogP contribution in [0.4, 0.5) is 0 Å². The Labute approximate surface area is 95.8 Å². The van der Waals surface area contributed by atoms with Crippen LogP contribution in [0.5, 0.6) is 0 Å². The summed E-state index contributed by atoms with van der Waals surface area (Å²) in [7, 11) is 0. The Morgan fingerprint density at radius 3 is 2.56 bits per heavy atom. The predicted molar refractivity (Wildman–Crippen MR) is 61.7 cm³/mol. The van der Waals surface area contributed by atoms with Crippen LogP contribution >= 0.6 is 0 Å². The maximum atomic E-state index is 11.5. The number of nitrogens with two attached hydrogens (primary N) is 1. The van der Waals surface area contributed by atoms with Gasteiger partial charge in [0.15, 0.2) is 0 Å². The van der Waals surface area contributed by atoms with Crippen molar-refractivity contribution in [2.75, 3.05) is 0 Å². The van der Waals surface area contributed by atoms with Gasteiger partial charge >= 0.3 is 5.97 Å². The molecule has 0 atom stereocenters. The molecule has 0 aromatic carbocycles. The zero-order valence-electron chi connectivity index (χ0n) is 9.99. The number of esters is 1. The molecular formula is C12H18N2O2. The van der Waals surface area contributed by atoms with Gasteiger partial charge in [0, 0.05) is 12.7 Å².